The zero-order chi connectivity index (χ0) is 79.9. The number of esters is 3. The SMILES string of the molecule is C=CC(=O)NCCNC(C)=O.C=CC(N)=O.C=CCNCC.OF.OF.OF.[2H]CCCOC(=O)C(=C)C.[2H]NCCOC(=O)C(C)(CCCC(CC)C(N)=O)CCCC(CCC)C(=O)NCCNC(C)=O.[2H]NCCOC(=O)C(C)(CCCC(CCC)CNCC)CCCC(CC)C(N)=O.[CH3-].[V]. The van der Waals surface area contributed by atoms with Crippen molar-refractivity contribution in [3.8, 4) is 0 Å². The number of carbonyl (C=O) groups is 10. The fraction of sp³-hybridized carbons (Fsp3) is 0.725. The predicted molar refractivity (Wildman–Crippen MR) is 387 cm³/mol. The average molecular weight is 1490 g/mol. The van der Waals surface area contributed by atoms with Gasteiger partial charge in [-0.2, -0.15) is 0 Å². The van der Waals surface area contributed by atoms with Gasteiger partial charge in [0.1, 0.15) is 16.0 Å². The van der Waals surface area contributed by atoms with E-state index in [0.717, 1.165) is 77.2 Å². The summed E-state index contributed by atoms with van der Waals surface area (Å²) in [6.45, 7) is 41.1. The van der Waals surface area contributed by atoms with Crippen LogP contribution in [0.5, 0.6) is 0 Å². The molecule has 0 bridgehead atoms. The van der Waals surface area contributed by atoms with E-state index in [1.165, 1.54) is 32.8 Å². The van der Waals surface area contributed by atoms with Crippen molar-refractivity contribution in [2.75, 3.05) is 85.3 Å². The Bertz CT molecular complexity index is 2150. The molecule has 0 aromatic heterocycles. The summed E-state index contributed by atoms with van der Waals surface area (Å²) in [5.74, 6) is -2.30. The van der Waals surface area contributed by atoms with E-state index in [-0.39, 0.29) is 117 Å². The van der Waals surface area contributed by atoms with Crippen molar-refractivity contribution < 1.29 is 114 Å². The quantitative estimate of drug-likeness (QED) is 0.00743. The van der Waals surface area contributed by atoms with Gasteiger partial charge in [-0.25, -0.2) is 20.7 Å². The van der Waals surface area contributed by atoms with Gasteiger partial charge in [0.2, 0.25) is 41.4 Å². The number of nitrogens with two attached hydrogens (primary N) is 5. The molecule has 7 amide bonds. The molecule has 0 aromatic rings. The van der Waals surface area contributed by atoms with Crippen LogP contribution < -0.4 is 60.6 Å². The molecule has 6 atom stereocenters. The Labute approximate surface area is 614 Å². The Kier molecular flexibility index (Phi) is 95.4. The normalized spacial score (nSPS) is 12.3. The maximum Gasteiger partial charge on any atom is 0.333 e. The van der Waals surface area contributed by atoms with Crippen molar-refractivity contribution in [1.82, 2.24) is 31.9 Å². The molecule has 0 spiro atoms. The number of carbonyl (C=O) groups excluding carboxylic acids is 10. The van der Waals surface area contributed by atoms with Crippen LogP contribution in [-0.4, -0.2) is 160 Å². The smallest absolute Gasteiger partial charge is 0.333 e. The number of nitrogens with one attached hydrogen (secondary N) is 6. The minimum atomic E-state index is -0.739. The molecule has 0 saturated carbocycles. The average Bonchev–Trinajstić information content (AvgIpc) is 0.864. The molecule has 0 aliphatic carbocycles. The number of hydrogen-bond acceptors (Lipinski definition) is 20. The predicted octanol–water partition coefficient (Wildman–Crippen LogP) is 6.81. The van der Waals surface area contributed by atoms with E-state index < -0.39 is 16.7 Å². The van der Waals surface area contributed by atoms with Crippen molar-refractivity contribution in [1.29, 1.82) is 0 Å². The van der Waals surface area contributed by atoms with Crippen LogP contribution in [0.15, 0.2) is 50.1 Å². The zero-order valence-corrected chi connectivity index (χ0v) is 64.1. The number of ether oxygens (including phenoxy) is 3. The molecule has 0 rings (SSSR count). The van der Waals surface area contributed by atoms with Crippen LogP contribution in [0, 0.1) is 41.9 Å². The van der Waals surface area contributed by atoms with Crippen LogP contribution in [-0.2, 0) is 80.7 Å². The Morgan fingerprint density at radius 2 is 0.940 bits per heavy atom. The van der Waals surface area contributed by atoms with Gasteiger partial charge in [0.05, 0.1) is 17.4 Å². The van der Waals surface area contributed by atoms with Crippen LogP contribution in [0.3, 0.4) is 0 Å². The van der Waals surface area contributed by atoms with Gasteiger partial charge in [0.15, 0.2) is 0 Å². The second kappa shape index (κ2) is 87.0. The molecule has 31 heteroatoms. The number of primary amides is 3. The third-order valence-corrected chi connectivity index (χ3v) is 14.3. The zero-order valence-electron chi connectivity index (χ0n) is 65.7. The number of likely N-dealkylation sites (N-methyl/N-ethyl adjacent to an activating group) is 1. The van der Waals surface area contributed by atoms with Gasteiger partial charge in [0, 0.05) is 103 Å². The van der Waals surface area contributed by atoms with Crippen molar-refractivity contribution in [2.45, 2.75) is 205 Å². The third-order valence-electron chi connectivity index (χ3n) is 14.3. The largest absolute Gasteiger partial charge is 0.464 e. The van der Waals surface area contributed by atoms with Crippen LogP contribution in [0.25, 0.3) is 0 Å². The van der Waals surface area contributed by atoms with Crippen LogP contribution >= 0.6 is 0 Å². The van der Waals surface area contributed by atoms with Crippen molar-refractivity contribution >= 4 is 59.3 Å². The van der Waals surface area contributed by atoms with E-state index in [4.69, 9.17) is 54.6 Å². The number of rotatable bonds is 50. The Hall–Kier alpha value is -6.25. The van der Waals surface area contributed by atoms with E-state index in [0.29, 0.717) is 122 Å². The van der Waals surface area contributed by atoms with Crippen LogP contribution in [0.4, 0.5) is 13.6 Å². The molecule has 6 unspecified atom stereocenters. The van der Waals surface area contributed by atoms with Crippen LogP contribution in [0.1, 0.15) is 206 Å². The molecule has 591 valence electrons. The first kappa shape index (κ1) is 110. The van der Waals surface area contributed by atoms with Gasteiger partial charge in [-0.1, -0.05) is 126 Å². The van der Waals surface area contributed by atoms with Crippen molar-refractivity contribution in [2.24, 2.45) is 63.2 Å². The van der Waals surface area contributed by atoms with Gasteiger partial charge in [-0.3, -0.25) is 43.2 Å². The monoisotopic (exact) mass is 1490 g/mol. The van der Waals surface area contributed by atoms with E-state index in [2.05, 4.69) is 101 Å². The maximum absolute atomic E-state index is 12.9. The minimum Gasteiger partial charge on any atom is -0.464 e. The Morgan fingerprint density at radius 3 is 1.25 bits per heavy atom. The molecule has 0 fully saturated rings. The van der Waals surface area contributed by atoms with E-state index in [9.17, 15) is 47.9 Å². The summed E-state index contributed by atoms with van der Waals surface area (Å²) in [4.78, 5) is 113. The third kappa shape index (κ3) is 80.7. The molecule has 0 aliphatic rings. The van der Waals surface area contributed by atoms with E-state index in [1.54, 1.807) is 6.92 Å². The molecule has 0 heterocycles. The first-order valence-electron chi connectivity index (χ1n) is 35.1. The molecule has 27 nitrogen and oxygen atoms in total. The summed E-state index contributed by atoms with van der Waals surface area (Å²) in [5.41, 5.74) is 19.0. The summed E-state index contributed by atoms with van der Waals surface area (Å²) in [6.07, 6.45) is 18.8. The standard InChI is InChI=1S/C24H46N4O5.C22H45N3O3.C7H12N2O2.C7H12O2.C5H11N.C3H5NO.CH3.3FHO.V/c1-5-9-20(22(31)28-16-15-27-18(3)29)11-8-13-24(4,23(32)33-17-14-25)12-7-10-19(6-2)21(26)30;1-5-10-18(17-25-7-3)11-8-13-22(4,21(27)28-16-15-23)14-9-12-19(6-2)20(24)26;1-3-7(11)9-5-4-8-6(2)10;1-4-5-9-7(8)6(2)3;1-3-5-6-4-2;1-2-3(4)5;;3*1-2;/h19-20H,5-17,25H2,1-4H3,(H2,26,30)(H,27,29)(H,28,31);18-19,25H,5-17,23H2,1-4H3,(H2,24,26);3H,1,4-5H2,2H3,(H,8,10)(H,9,11);2,4-5H2,1,3H3;3,6H,1,4-5H2,2H3;2H,1H2,(H2,4,5);1H3;3*2H;/q;;;;;;-1;;;;/i;;;1D;;;;;;;/hD2. The fourth-order valence-corrected chi connectivity index (χ4v) is 8.85. The first-order valence-corrected chi connectivity index (χ1v) is 33.4. The molecule has 19 N–H and O–H groups in total. The first-order chi connectivity index (χ1) is 48.0. The summed E-state index contributed by atoms with van der Waals surface area (Å²) >= 11 is 0. The molecule has 0 saturated heterocycles. The topological polar surface area (TPSA) is 461 Å². The van der Waals surface area contributed by atoms with Gasteiger partial charge < -0.3 is 82.2 Å². The molecule has 100 heavy (non-hydrogen) atoms. The second-order valence-corrected chi connectivity index (χ2v) is 22.6. The number of halogens is 3. The Balaban J connectivity index is -0.000000121. The minimum absolute atomic E-state index is 0. The maximum atomic E-state index is 12.9. The van der Waals surface area contributed by atoms with Gasteiger partial charge in [-0.15, -0.1) is 6.58 Å². The van der Waals surface area contributed by atoms with E-state index >= 15 is 0 Å². The van der Waals surface area contributed by atoms with Gasteiger partial charge >= 0.3 is 17.9 Å². The van der Waals surface area contributed by atoms with Crippen molar-refractivity contribution in [3.63, 3.8) is 0 Å². The molecular formula is C69H137F3N11O16V-. The summed E-state index contributed by atoms with van der Waals surface area (Å²) in [7, 11) is 0. The van der Waals surface area contributed by atoms with Crippen LogP contribution in [0.2, 0.25) is 2.82 Å². The molecular weight excluding hydrogens is 1350 g/mol. The molecule has 0 aromatic carbocycles. The summed E-state index contributed by atoms with van der Waals surface area (Å²) in [5, 5.41) is 33.6. The number of amides is 7. The van der Waals surface area contributed by atoms with E-state index in [1.807, 2.05) is 40.7 Å². The molecule has 0 aliphatic heterocycles. The second-order valence-electron chi connectivity index (χ2n) is 22.6. The van der Waals surface area contributed by atoms with Gasteiger partial charge in [-0.05, 0) is 142 Å². The Morgan fingerprint density at radius 1 is 0.550 bits per heavy atom. The number of hydrogen-bond donors (Lipinski definition) is 14. The summed E-state index contributed by atoms with van der Waals surface area (Å²) in [6, 6.07) is 0. The summed E-state index contributed by atoms with van der Waals surface area (Å²) < 4.78 is 61.7. The molecule has 1 radical (unpaired) electrons. The van der Waals surface area contributed by atoms with Gasteiger partial charge in [0.25, 0.3) is 0 Å². The van der Waals surface area contributed by atoms with Crippen molar-refractivity contribution in [3.05, 3.63) is 57.5 Å². The fourth-order valence-electron chi connectivity index (χ4n) is 8.85.